The van der Waals surface area contributed by atoms with E-state index in [0.29, 0.717) is 18.0 Å². The maximum Gasteiger partial charge on any atom is 0.0393 e. The van der Waals surface area contributed by atoms with Gasteiger partial charge in [0.2, 0.25) is 0 Å². The minimum absolute atomic E-state index is 0.555. The third kappa shape index (κ3) is 3.67. The van der Waals surface area contributed by atoms with Gasteiger partial charge in [0.05, 0.1) is 0 Å². The molecule has 0 aliphatic carbocycles. The Morgan fingerprint density at radius 1 is 1.24 bits per heavy atom. The van der Waals surface area contributed by atoms with Crippen LogP contribution in [0.25, 0.3) is 0 Å². The van der Waals surface area contributed by atoms with Crippen molar-refractivity contribution in [3.63, 3.8) is 0 Å². The Kier molecular flexibility index (Phi) is 5.83. The maximum absolute atomic E-state index is 3.43. The van der Waals surface area contributed by atoms with Crippen molar-refractivity contribution in [2.24, 2.45) is 5.92 Å². The molecule has 0 amide bonds. The molecule has 1 aliphatic rings. The number of aryl methyl sites for hydroxylation is 1. The smallest absolute Gasteiger partial charge is 0.0393 e. The first-order chi connectivity index (χ1) is 10.1. The van der Waals surface area contributed by atoms with Crippen molar-refractivity contribution in [1.29, 1.82) is 0 Å². The Labute approximate surface area is 130 Å². The summed E-state index contributed by atoms with van der Waals surface area (Å²) >= 11 is 0. The molecule has 1 aliphatic heterocycles. The summed E-state index contributed by atoms with van der Waals surface area (Å²) in [4.78, 5) is 2.73. The van der Waals surface area contributed by atoms with Gasteiger partial charge in [-0.05, 0) is 83.3 Å². The fourth-order valence-electron chi connectivity index (χ4n) is 3.85. The summed E-state index contributed by atoms with van der Waals surface area (Å²) < 4.78 is 0. The van der Waals surface area contributed by atoms with Gasteiger partial charge in [0.25, 0.3) is 0 Å². The molecular weight excluding hydrogens is 256 g/mol. The van der Waals surface area contributed by atoms with Gasteiger partial charge in [-0.2, -0.15) is 0 Å². The zero-order valence-corrected chi connectivity index (χ0v) is 14.4. The highest BCUT2D eigenvalue weighted by molar-refractivity contribution is 5.36. The number of hydrogen-bond donors (Lipinski definition) is 1. The lowest BCUT2D eigenvalue weighted by molar-refractivity contribution is 0.118. The van der Waals surface area contributed by atoms with Gasteiger partial charge >= 0.3 is 0 Å². The number of rotatable bonds is 4. The van der Waals surface area contributed by atoms with Crippen molar-refractivity contribution in [3.8, 4) is 0 Å². The summed E-state index contributed by atoms with van der Waals surface area (Å²) in [7, 11) is 2.09. The molecule has 1 fully saturated rings. The molecule has 2 nitrogen and oxygen atoms in total. The van der Waals surface area contributed by atoms with Gasteiger partial charge in [-0.25, -0.2) is 0 Å². The highest BCUT2D eigenvalue weighted by atomic mass is 15.2. The first kappa shape index (κ1) is 16.5. The fraction of sp³-hybridized carbons (Fsp3) is 0.684. The van der Waals surface area contributed by atoms with E-state index in [1.54, 1.807) is 5.56 Å². The van der Waals surface area contributed by atoms with Crippen LogP contribution in [-0.4, -0.2) is 31.1 Å². The van der Waals surface area contributed by atoms with Crippen molar-refractivity contribution in [2.75, 3.05) is 20.1 Å². The summed E-state index contributed by atoms with van der Waals surface area (Å²) in [5, 5.41) is 3.43. The molecule has 2 unspecified atom stereocenters. The predicted octanol–water partition coefficient (Wildman–Crippen LogP) is 4.07. The van der Waals surface area contributed by atoms with Crippen LogP contribution in [0.4, 0.5) is 0 Å². The predicted molar refractivity (Wildman–Crippen MR) is 91.8 cm³/mol. The van der Waals surface area contributed by atoms with E-state index in [2.05, 4.69) is 63.2 Å². The van der Waals surface area contributed by atoms with Crippen LogP contribution < -0.4 is 5.32 Å². The summed E-state index contributed by atoms with van der Waals surface area (Å²) in [6.07, 6.45) is 4.03. The quantitative estimate of drug-likeness (QED) is 0.898. The molecule has 1 heterocycles. The molecular formula is C19H32N2. The molecule has 0 bridgehead atoms. The van der Waals surface area contributed by atoms with Gasteiger partial charge in [-0.1, -0.05) is 24.6 Å². The van der Waals surface area contributed by atoms with E-state index < -0.39 is 0 Å². The largest absolute Gasteiger partial charge is 0.319 e. The second-order valence-corrected chi connectivity index (χ2v) is 6.88. The minimum Gasteiger partial charge on any atom is -0.319 e. The van der Waals surface area contributed by atoms with Crippen LogP contribution in [0.5, 0.6) is 0 Å². The molecule has 2 rings (SSSR count). The second-order valence-electron chi connectivity index (χ2n) is 6.88. The molecule has 1 aromatic rings. The Bertz CT molecular complexity index is 453. The lowest BCUT2D eigenvalue weighted by Crippen LogP contribution is -2.40. The average molecular weight is 288 g/mol. The van der Waals surface area contributed by atoms with Gasteiger partial charge in [0.15, 0.2) is 0 Å². The van der Waals surface area contributed by atoms with E-state index in [1.165, 1.54) is 36.9 Å². The monoisotopic (exact) mass is 288 g/mol. The third-order valence-electron chi connectivity index (χ3n) is 5.14. The highest BCUT2D eigenvalue weighted by Crippen LogP contribution is 2.38. The molecule has 0 aromatic heterocycles. The lowest BCUT2D eigenvalue weighted by Gasteiger charge is -2.39. The molecule has 118 valence electrons. The van der Waals surface area contributed by atoms with Crippen molar-refractivity contribution in [3.05, 3.63) is 34.9 Å². The molecule has 21 heavy (non-hydrogen) atoms. The highest BCUT2D eigenvalue weighted by Gasteiger charge is 2.32. The molecule has 1 aromatic carbocycles. The van der Waals surface area contributed by atoms with Crippen LogP contribution in [0.1, 0.15) is 55.8 Å². The van der Waals surface area contributed by atoms with Gasteiger partial charge in [-0.3, -0.25) is 4.90 Å². The number of nitrogens with one attached hydrogen (secondary N) is 1. The van der Waals surface area contributed by atoms with Crippen molar-refractivity contribution < 1.29 is 0 Å². The number of hydrogen-bond acceptors (Lipinski definition) is 2. The summed E-state index contributed by atoms with van der Waals surface area (Å²) in [6, 6.07) is 7.99. The molecule has 2 heteroatoms. The number of benzene rings is 1. The molecule has 1 saturated heterocycles. The van der Waals surface area contributed by atoms with E-state index in [1.807, 2.05) is 0 Å². The van der Waals surface area contributed by atoms with Gasteiger partial charge in [0, 0.05) is 12.1 Å². The maximum atomic E-state index is 3.43. The van der Waals surface area contributed by atoms with E-state index in [0.717, 1.165) is 6.54 Å². The van der Waals surface area contributed by atoms with E-state index in [9.17, 15) is 0 Å². The first-order valence-corrected chi connectivity index (χ1v) is 8.52. The normalized spacial score (nSPS) is 24.3. The van der Waals surface area contributed by atoms with Gasteiger partial charge < -0.3 is 5.32 Å². The summed E-state index contributed by atoms with van der Waals surface area (Å²) in [5.74, 6) is 0.709. The summed E-state index contributed by atoms with van der Waals surface area (Å²) in [5.41, 5.74) is 4.45. The Hall–Kier alpha value is -0.860. The third-order valence-corrected chi connectivity index (χ3v) is 5.14. The first-order valence-electron chi connectivity index (χ1n) is 8.52. The summed E-state index contributed by atoms with van der Waals surface area (Å²) in [6.45, 7) is 11.6. The van der Waals surface area contributed by atoms with E-state index in [4.69, 9.17) is 0 Å². The Morgan fingerprint density at radius 2 is 2.00 bits per heavy atom. The molecule has 0 radical (unpaired) electrons. The Morgan fingerprint density at radius 3 is 2.67 bits per heavy atom. The average Bonchev–Trinajstić information content (AvgIpc) is 2.65. The van der Waals surface area contributed by atoms with Gasteiger partial charge in [-0.15, -0.1) is 0 Å². The molecule has 0 spiro atoms. The molecule has 1 N–H and O–H groups in total. The van der Waals surface area contributed by atoms with Gasteiger partial charge in [0.1, 0.15) is 0 Å². The second kappa shape index (κ2) is 7.42. The van der Waals surface area contributed by atoms with Crippen LogP contribution in [0.3, 0.4) is 0 Å². The fourth-order valence-corrected chi connectivity index (χ4v) is 3.85. The van der Waals surface area contributed by atoms with Crippen LogP contribution >= 0.6 is 0 Å². The standard InChI is InChI=1S/C19H32N2/c1-14(2)21-12-7-6-10-17(13-20-5)19(21)18-11-8-9-15(3)16(18)4/h8-9,11,14,17,19-20H,6-7,10,12-13H2,1-5H3. The van der Waals surface area contributed by atoms with E-state index >= 15 is 0 Å². The van der Waals surface area contributed by atoms with Crippen molar-refractivity contribution >= 4 is 0 Å². The number of likely N-dealkylation sites (tertiary alicyclic amines) is 1. The Balaban J connectivity index is 2.45. The lowest BCUT2D eigenvalue weighted by atomic mass is 9.85. The van der Waals surface area contributed by atoms with Crippen LogP contribution in [0.15, 0.2) is 18.2 Å². The topological polar surface area (TPSA) is 15.3 Å². The zero-order valence-electron chi connectivity index (χ0n) is 14.4. The van der Waals surface area contributed by atoms with Crippen LogP contribution in [-0.2, 0) is 0 Å². The van der Waals surface area contributed by atoms with E-state index in [-0.39, 0.29) is 0 Å². The minimum atomic E-state index is 0.555. The molecule has 0 saturated carbocycles. The van der Waals surface area contributed by atoms with Crippen LogP contribution in [0.2, 0.25) is 0 Å². The van der Waals surface area contributed by atoms with Crippen LogP contribution in [0, 0.1) is 19.8 Å². The SMILES string of the molecule is CNCC1CCCCN(C(C)C)C1c1cccc(C)c1C. The van der Waals surface area contributed by atoms with Crippen molar-refractivity contribution in [2.45, 2.75) is 59.0 Å². The number of nitrogens with zero attached hydrogens (tertiary/aromatic N) is 1. The molecule has 2 atom stereocenters. The van der Waals surface area contributed by atoms with Crippen molar-refractivity contribution in [1.82, 2.24) is 10.2 Å². The zero-order chi connectivity index (χ0) is 15.4.